The fraction of sp³-hybridized carbons (Fsp3) is 0.588. The lowest BCUT2D eigenvalue weighted by Crippen LogP contribution is -2.52. The first kappa shape index (κ1) is 20.4. The van der Waals surface area contributed by atoms with Crippen LogP contribution < -0.4 is 15.4 Å². The standard InChI is InChI=1S/C14H22N2O3.C3H8/c1-14(2,13(18)15-8-9-17)16-10-11-4-6-12(19-3)7-5-11;1-3-2/h4-7,16-17H,8-10H2,1-3H3,(H,15,18);3H2,1-2H3. The Bertz CT molecular complexity index is 416. The lowest BCUT2D eigenvalue weighted by Gasteiger charge is -2.25. The largest absolute Gasteiger partial charge is 0.497 e. The molecule has 3 N–H and O–H groups in total. The maximum Gasteiger partial charge on any atom is 0.239 e. The normalized spacial score (nSPS) is 10.5. The first-order chi connectivity index (χ1) is 10.4. The maximum absolute atomic E-state index is 11.8. The van der Waals surface area contributed by atoms with Crippen molar-refractivity contribution in [1.29, 1.82) is 0 Å². The molecule has 1 aromatic carbocycles. The molecule has 0 atom stereocenters. The number of carbonyl (C=O) groups excluding carboxylic acids is 1. The van der Waals surface area contributed by atoms with Crippen LogP contribution in [0.1, 0.15) is 39.7 Å². The number of ether oxygens (including phenoxy) is 1. The second-order valence-corrected chi connectivity index (χ2v) is 5.51. The Labute approximate surface area is 134 Å². The molecule has 1 rings (SSSR count). The summed E-state index contributed by atoms with van der Waals surface area (Å²) in [5, 5.41) is 14.5. The van der Waals surface area contributed by atoms with E-state index in [0.717, 1.165) is 11.3 Å². The smallest absolute Gasteiger partial charge is 0.239 e. The number of carbonyl (C=O) groups is 1. The molecule has 5 heteroatoms. The highest BCUT2D eigenvalue weighted by atomic mass is 16.5. The van der Waals surface area contributed by atoms with Gasteiger partial charge < -0.3 is 15.2 Å². The molecule has 0 spiro atoms. The van der Waals surface area contributed by atoms with Gasteiger partial charge in [-0.3, -0.25) is 10.1 Å². The highest BCUT2D eigenvalue weighted by Crippen LogP contribution is 2.12. The Morgan fingerprint density at radius 2 is 1.77 bits per heavy atom. The Hall–Kier alpha value is -1.59. The zero-order valence-electron chi connectivity index (χ0n) is 14.4. The molecule has 5 nitrogen and oxygen atoms in total. The Morgan fingerprint density at radius 3 is 2.23 bits per heavy atom. The van der Waals surface area contributed by atoms with Crippen LogP contribution in [0.2, 0.25) is 0 Å². The van der Waals surface area contributed by atoms with E-state index in [-0.39, 0.29) is 19.1 Å². The summed E-state index contributed by atoms with van der Waals surface area (Å²) in [5.74, 6) is 0.679. The van der Waals surface area contributed by atoms with E-state index in [2.05, 4.69) is 24.5 Å². The number of benzene rings is 1. The van der Waals surface area contributed by atoms with Gasteiger partial charge >= 0.3 is 0 Å². The van der Waals surface area contributed by atoms with Crippen molar-refractivity contribution in [2.24, 2.45) is 0 Å². The van der Waals surface area contributed by atoms with Crippen molar-refractivity contribution in [3.8, 4) is 5.75 Å². The Morgan fingerprint density at radius 1 is 1.23 bits per heavy atom. The average molecular weight is 310 g/mol. The average Bonchev–Trinajstić information content (AvgIpc) is 2.52. The topological polar surface area (TPSA) is 70.6 Å². The van der Waals surface area contributed by atoms with Crippen LogP contribution in [-0.2, 0) is 11.3 Å². The molecule has 1 aromatic rings. The lowest BCUT2D eigenvalue weighted by molar-refractivity contribution is -0.126. The molecule has 0 aliphatic heterocycles. The van der Waals surface area contributed by atoms with Crippen LogP contribution in [0.15, 0.2) is 24.3 Å². The highest BCUT2D eigenvalue weighted by molar-refractivity contribution is 5.85. The number of hydrogen-bond donors (Lipinski definition) is 3. The van der Waals surface area contributed by atoms with Crippen LogP contribution in [0, 0.1) is 0 Å². The van der Waals surface area contributed by atoms with E-state index in [1.165, 1.54) is 6.42 Å². The van der Waals surface area contributed by atoms with Crippen LogP contribution in [0.5, 0.6) is 5.75 Å². The summed E-state index contributed by atoms with van der Waals surface area (Å²) in [7, 11) is 1.63. The molecule has 0 aliphatic rings. The van der Waals surface area contributed by atoms with Crippen molar-refractivity contribution in [3.63, 3.8) is 0 Å². The summed E-state index contributed by atoms with van der Waals surface area (Å²) >= 11 is 0. The summed E-state index contributed by atoms with van der Waals surface area (Å²) in [6.07, 6.45) is 1.25. The number of aliphatic hydroxyl groups is 1. The minimum atomic E-state index is -0.685. The van der Waals surface area contributed by atoms with Crippen molar-refractivity contribution in [2.75, 3.05) is 20.3 Å². The zero-order valence-corrected chi connectivity index (χ0v) is 14.4. The zero-order chi connectivity index (χ0) is 17.0. The van der Waals surface area contributed by atoms with Gasteiger partial charge in [0.15, 0.2) is 0 Å². The number of nitrogens with one attached hydrogen (secondary N) is 2. The fourth-order valence-electron chi connectivity index (χ4n) is 1.54. The molecule has 22 heavy (non-hydrogen) atoms. The predicted molar refractivity (Wildman–Crippen MR) is 90.0 cm³/mol. The van der Waals surface area contributed by atoms with Gasteiger partial charge in [-0.2, -0.15) is 0 Å². The summed E-state index contributed by atoms with van der Waals surface area (Å²) < 4.78 is 5.09. The number of hydrogen-bond acceptors (Lipinski definition) is 4. The Kier molecular flexibility index (Phi) is 10.2. The van der Waals surface area contributed by atoms with Gasteiger partial charge in [-0.1, -0.05) is 32.4 Å². The van der Waals surface area contributed by atoms with Crippen LogP contribution in [0.4, 0.5) is 0 Å². The fourth-order valence-corrected chi connectivity index (χ4v) is 1.54. The third-order valence-electron chi connectivity index (χ3n) is 2.86. The molecule has 0 bridgehead atoms. The summed E-state index contributed by atoms with van der Waals surface area (Å²) in [4.78, 5) is 11.8. The van der Waals surface area contributed by atoms with E-state index < -0.39 is 5.54 Å². The number of amides is 1. The number of methoxy groups -OCH3 is 1. The molecule has 0 aromatic heterocycles. The molecular weight excluding hydrogens is 280 g/mol. The monoisotopic (exact) mass is 310 g/mol. The minimum Gasteiger partial charge on any atom is -0.497 e. The van der Waals surface area contributed by atoms with Crippen LogP contribution in [0.25, 0.3) is 0 Å². The van der Waals surface area contributed by atoms with E-state index in [0.29, 0.717) is 6.54 Å². The predicted octanol–water partition coefficient (Wildman–Crippen LogP) is 2.09. The van der Waals surface area contributed by atoms with E-state index in [1.54, 1.807) is 7.11 Å². The SMILES string of the molecule is CCC.COc1ccc(CNC(C)(C)C(=O)NCCO)cc1. The van der Waals surface area contributed by atoms with Gasteiger partial charge in [0, 0.05) is 13.1 Å². The van der Waals surface area contributed by atoms with Crippen molar-refractivity contribution < 1.29 is 14.6 Å². The van der Waals surface area contributed by atoms with Crippen molar-refractivity contribution in [2.45, 2.75) is 46.2 Å². The van der Waals surface area contributed by atoms with Gasteiger partial charge in [0.25, 0.3) is 0 Å². The quantitative estimate of drug-likeness (QED) is 0.721. The molecule has 0 saturated heterocycles. The summed E-state index contributed by atoms with van der Waals surface area (Å²) in [6.45, 7) is 8.67. The lowest BCUT2D eigenvalue weighted by atomic mass is 10.0. The van der Waals surface area contributed by atoms with Crippen molar-refractivity contribution in [3.05, 3.63) is 29.8 Å². The van der Waals surface area contributed by atoms with E-state index in [4.69, 9.17) is 9.84 Å². The molecule has 0 saturated carbocycles. The van der Waals surface area contributed by atoms with Gasteiger partial charge in [0.05, 0.1) is 19.3 Å². The molecule has 0 aliphatic carbocycles. The van der Waals surface area contributed by atoms with Gasteiger partial charge in [-0.05, 0) is 31.5 Å². The van der Waals surface area contributed by atoms with E-state index in [1.807, 2.05) is 38.1 Å². The van der Waals surface area contributed by atoms with Gasteiger partial charge in [0.2, 0.25) is 5.91 Å². The molecular formula is C17H30N2O3. The van der Waals surface area contributed by atoms with Crippen molar-refractivity contribution >= 4 is 5.91 Å². The second-order valence-electron chi connectivity index (χ2n) is 5.51. The molecule has 0 unspecified atom stereocenters. The summed E-state index contributed by atoms with van der Waals surface area (Å²) in [6, 6.07) is 7.67. The molecule has 0 radical (unpaired) electrons. The third-order valence-corrected chi connectivity index (χ3v) is 2.86. The molecule has 126 valence electrons. The van der Waals surface area contributed by atoms with Crippen LogP contribution in [0.3, 0.4) is 0 Å². The Balaban J connectivity index is 0.00000135. The van der Waals surface area contributed by atoms with Crippen LogP contribution >= 0.6 is 0 Å². The van der Waals surface area contributed by atoms with Gasteiger partial charge in [0.1, 0.15) is 5.75 Å². The summed E-state index contributed by atoms with van der Waals surface area (Å²) in [5.41, 5.74) is 0.388. The number of rotatable bonds is 7. The number of aliphatic hydroxyl groups excluding tert-OH is 1. The van der Waals surface area contributed by atoms with E-state index in [9.17, 15) is 4.79 Å². The molecule has 0 fully saturated rings. The first-order valence-electron chi connectivity index (χ1n) is 7.68. The highest BCUT2D eigenvalue weighted by Gasteiger charge is 2.26. The van der Waals surface area contributed by atoms with E-state index >= 15 is 0 Å². The van der Waals surface area contributed by atoms with Gasteiger partial charge in [-0.25, -0.2) is 0 Å². The molecule has 1 amide bonds. The third kappa shape index (κ3) is 8.00. The first-order valence-corrected chi connectivity index (χ1v) is 7.68. The second kappa shape index (κ2) is 11.0. The van der Waals surface area contributed by atoms with Crippen molar-refractivity contribution in [1.82, 2.24) is 10.6 Å². The maximum atomic E-state index is 11.8. The van der Waals surface area contributed by atoms with Gasteiger partial charge in [-0.15, -0.1) is 0 Å². The van der Waals surface area contributed by atoms with Crippen LogP contribution in [-0.4, -0.2) is 36.8 Å². The molecule has 0 heterocycles. The minimum absolute atomic E-state index is 0.0553.